The zero-order valence-electron chi connectivity index (χ0n) is 6.92. The molecule has 0 spiro atoms. The molecule has 0 bridgehead atoms. The second kappa shape index (κ2) is 3.46. The molecule has 1 aromatic carbocycles. The van der Waals surface area contributed by atoms with E-state index in [0.29, 0.717) is 6.07 Å². The molecule has 84 valence electrons. The molecule has 0 atom stereocenters. The van der Waals surface area contributed by atoms with Crippen LogP contribution in [-0.2, 0) is 15.4 Å². The lowest BCUT2D eigenvalue weighted by Gasteiger charge is -2.13. The Morgan fingerprint density at radius 3 is 2.13 bits per heavy atom. The van der Waals surface area contributed by atoms with E-state index in [-0.39, 0.29) is 12.1 Å². The summed E-state index contributed by atoms with van der Waals surface area (Å²) < 4.78 is 79.5. The first-order chi connectivity index (χ1) is 6.66. The van der Waals surface area contributed by atoms with E-state index in [4.69, 9.17) is 4.55 Å². The minimum absolute atomic E-state index is 0.0917. The van der Waals surface area contributed by atoms with Gasteiger partial charge in [0.25, 0.3) is 0 Å². The third-order valence-electron chi connectivity index (χ3n) is 1.57. The van der Waals surface area contributed by atoms with Crippen LogP contribution in [0.4, 0.5) is 17.6 Å². The maximum atomic E-state index is 12.9. The van der Waals surface area contributed by atoms with Crippen molar-refractivity contribution in [3.8, 4) is 0 Å². The Hall–Kier alpha value is -1.15. The monoisotopic (exact) mass is 244 g/mol. The molecule has 1 aromatic rings. The first kappa shape index (κ1) is 11.9. The Labute approximate surface area is 82.1 Å². The highest BCUT2D eigenvalue weighted by Crippen LogP contribution is 2.34. The van der Waals surface area contributed by atoms with Crippen molar-refractivity contribution in [1.29, 1.82) is 0 Å². The minimum Gasteiger partial charge on any atom is -0.281 e. The molecular weight excluding hydrogens is 240 g/mol. The van der Waals surface area contributed by atoms with Crippen molar-refractivity contribution in [2.24, 2.45) is 0 Å². The quantitative estimate of drug-likeness (QED) is 0.638. The second-order valence-electron chi connectivity index (χ2n) is 2.62. The SMILES string of the molecule is O=S(=O)(O)C(F)(F)c1ccc(F)cc1F. The van der Waals surface area contributed by atoms with Crippen LogP contribution >= 0.6 is 0 Å². The molecule has 0 fully saturated rings. The van der Waals surface area contributed by atoms with Gasteiger partial charge in [0.15, 0.2) is 0 Å². The summed E-state index contributed by atoms with van der Waals surface area (Å²) in [7, 11) is -5.79. The predicted molar refractivity (Wildman–Crippen MR) is 41.8 cm³/mol. The summed E-state index contributed by atoms with van der Waals surface area (Å²) in [4.78, 5) is 0. The van der Waals surface area contributed by atoms with Crippen molar-refractivity contribution >= 4 is 10.1 Å². The third kappa shape index (κ3) is 2.10. The fourth-order valence-electron chi connectivity index (χ4n) is 0.864. The van der Waals surface area contributed by atoms with Crippen LogP contribution in [0.25, 0.3) is 0 Å². The lowest BCUT2D eigenvalue weighted by atomic mass is 10.2. The molecule has 1 N–H and O–H groups in total. The number of halogens is 4. The molecular formula is C7H4F4O3S. The van der Waals surface area contributed by atoms with E-state index < -0.39 is 32.6 Å². The van der Waals surface area contributed by atoms with Crippen LogP contribution in [0.5, 0.6) is 0 Å². The average molecular weight is 244 g/mol. The minimum atomic E-state index is -5.79. The van der Waals surface area contributed by atoms with Gasteiger partial charge >= 0.3 is 15.4 Å². The predicted octanol–water partition coefficient (Wildman–Crippen LogP) is 1.90. The van der Waals surface area contributed by atoms with E-state index in [2.05, 4.69) is 0 Å². The largest absolute Gasteiger partial charge is 0.397 e. The van der Waals surface area contributed by atoms with Gasteiger partial charge in [-0.3, -0.25) is 4.55 Å². The van der Waals surface area contributed by atoms with Gasteiger partial charge in [0.2, 0.25) is 0 Å². The number of hydrogen-bond donors (Lipinski definition) is 1. The van der Waals surface area contributed by atoms with E-state index in [1.54, 1.807) is 0 Å². The van der Waals surface area contributed by atoms with Crippen LogP contribution < -0.4 is 0 Å². The first-order valence-electron chi connectivity index (χ1n) is 3.46. The molecule has 0 amide bonds. The van der Waals surface area contributed by atoms with Gasteiger partial charge in [-0.05, 0) is 12.1 Å². The van der Waals surface area contributed by atoms with Gasteiger partial charge in [0.1, 0.15) is 11.6 Å². The number of alkyl halides is 2. The summed E-state index contributed by atoms with van der Waals surface area (Å²) in [5, 5.41) is -4.80. The van der Waals surface area contributed by atoms with Crippen LogP contribution in [0.3, 0.4) is 0 Å². The lowest BCUT2D eigenvalue weighted by molar-refractivity contribution is 0.0747. The smallest absolute Gasteiger partial charge is 0.281 e. The molecule has 0 aliphatic carbocycles. The van der Waals surface area contributed by atoms with Gasteiger partial charge in [0, 0.05) is 6.07 Å². The Morgan fingerprint density at radius 1 is 1.20 bits per heavy atom. The maximum absolute atomic E-state index is 12.9. The summed E-state index contributed by atoms with van der Waals surface area (Å²) in [5.74, 6) is -2.89. The molecule has 0 aliphatic heterocycles. The highest BCUT2D eigenvalue weighted by molar-refractivity contribution is 7.86. The van der Waals surface area contributed by atoms with E-state index in [9.17, 15) is 26.0 Å². The fourth-order valence-corrected chi connectivity index (χ4v) is 1.31. The van der Waals surface area contributed by atoms with Gasteiger partial charge in [0.05, 0.1) is 5.56 Å². The molecule has 0 saturated carbocycles. The standard InChI is InChI=1S/C7H4F4O3S/c8-4-1-2-5(6(9)3-4)7(10,11)15(12,13)14/h1-3H,(H,12,13,14). The second-order valence-corrected chi connectivity index (χ2v) is 4.08. The van der Waals surface area contributed by atoms with Crippen molar-refractivity contribution in [3.63, 3.8) is 0 Å². The first-order valence-corrected chi connectivity index (χ1v) is 4.90. The van der Waals surface area contributed by atoms with Crippen molar-refractivity contribution in [1.82, 2.24) is 0 Å². The van der Waals surface area contributed by atoms with Crippen molar-refractivity contribution in [2.75, 3.05) is 0 Å². The lowest BCUT2D eigenvalue weighted by Crippen LogP contribution is -2.26. The van der Waals surface area contributed by atoms with Gasteiger partial charge in [-0.15, -0.1) is 0 Å². The van der Waals surface area contributed by atoms with Crippen molar-refractivity contribution in [3.05, 3.63) is 35.4 Å². The molecule has 0 radical (unpaired) electrons. The molecule has 0 heterocycles. The Balaban J connectivity index is 3.41. The summed E-state index contributed by atoms with van der Waals surface area (Å²) in [6.07, 6.45) is 0. The molecule has 0 unspecified atom stereocenters. The molecule has 0 aromatic heterocycles. The zero-order chi connectivity index (χ0) is 11.9. The van der Waals surface area contributed by atoms with Crippen LogP contribution in [0, 0.1) is 11.6 Å². The van der Waals surface area contributed by atoms with Crippen LogP contribution in [-0.4, -0.2) is 13.0 Å². The van der Waals surface area contributed by atoms with Gasteiger partial charge in [-0.25, -0.2) is 8.78 Å². The van der Waals surface area contributed by atoms with Gasteiger partial charge < -0.3 is 0 Å². The van der Waals surface area contributed by atoms with Crippen molar-refractivity contribution < 1.29 is 30.5 Å². The van der Waals surface area contributed by atoms with Crippen LogP contribution in [0.15, 0.2) is 18.2 Å². The number of hydrogen-bond acceptors (Lipinski definition) is 2. The van der Waals surface area contributed by atoms with Crippen LogP contribution in [0.1, 0.15) is 5.56 Å². The fraction of sp³-hybridized carbons (Fsp3) is 0.143. The van der Waals surface area contributed by atoms with E-state index in [1.807, 2.05) is 0 Å². The topological polar surface area (TPSA) is 54.4 Å². The highest BCUT2D eigenvalue weighted by Gasteiger charge is 2.48. The number of benzene rings is 1. The average Bonchev–Trinajstić information content (AvgIpc) is 2.00. The Kier molecular flexibility index (Phi) is 2.75. The third-order valence-corrected chi connectivity index (χ3v) is 2.44. The van der Waals surface area contributed by atoms with Gasteiger partial charge in [-0.1, -0.05) is 0 Å². The zero-order valence-corrected chi connectivity index (χ0v) is 7.73. The maximum Gasteiger partial charge on any atom is 0.397 e. The van der Waals surface area contributed by atoms with E-state index in [0.717, 1.165) is 0 Å². The molecule has 1 rings (SSSR count). The summed E-state index contributed by atoms with van der Waals surface area (Å²) in [6, 6.07) is 0.796. The van der Waals surface area contributed by atoms with E-state index >= 15 is 0 Å². The van der Waals surface area contributed by atoms with Crippen LogP contribution in [0.2, 0.25) is 0 Å². The molecule has 0 saturated heterocycles. The molecule has 0 aliphatic rings. The molecule has 3 nitrogen and oxygen atoms in total. The summed E-state index contributed by atoms with van der Waals surface area (Å²) in [6.45, 7) is 0. The summed E-state index contributed by atoms with van der Waals surface area (Å²) >= 11 is 0. The number of rotatable bonds is 2. The highest BCUT2D eigenvalue weighted by atomic mass is 32.2. The molecule has 8 heteroatoms. The van der Waals surface area contributed by atoms with Crippen molar-refractivity contribution in [2.45, 2.75) is 5.25 Å². The van der Waals surface area contributed by atoms with E-state index in [1.165, 1.54) is 0 Å². The Morgan fingerprint density at radius 2 is 1.73 bits per heavy atom. The molecule has 15 heavy (non-hydrogen) atoms. The normalized spacial score (nSPS) is 12.9. The Bertz CT molecular complexity index is 483. The van der Waals surface area contributed by atoms with Gasteiger partial charge in [-0.2, -0.15) is 17.2 Å². The summed E-state index contributed by atoms with van der Waals surface area (Å²) in [5.41, 5.74) is -1.61.